The number of benzene rings is 1. The van der Waals surface area contributed by atoms with Crippen molar-refractivity contribution in [2.45, 2.75) is 6.92 Å². The standard InChI is InChI=1S/C16H15N3O/c1-13(10-14-6-3-2-4-7-14)11-18-19-16(20)15-8-5-9-17-12-15/h2-12H,1H3,(H,19,20)/b13-10+,18-11-. The zero-order chi connectivity index (χ0) is 14.2. The smallest absolute Gasteiger partial charge is 0.267 e. The fraction of sp³-hybridized carbons (Fsp3) is 0.0625. The van der Waals surface area contributed by atoms with Crippen LogP contribution in [0.4, 0.5) is 0 Å². The van der Waals surface area contributed by atoms with Gasteiger partial charge in [0.1, 0.15) is 0 Å². The molecule has 0 aliphatic carbocycles. The molecule has 1 N–H and O–H groups in total. The average molecular weight is 265 g/mol. The topological polar surface area (TPSA) is 54.4 Å². The van der Waals surface area contributed by atoms with Gasteiger partial charge in [-0.15, -0.1) is 0 Å². The molecular formula is C16H15N3O. The van der Waals surface area contributed by atoms with Gasteiger partial charge in [-0.25, -0.2) is 5.43 Å². The number of pyridine rings is 1. The van der Waals surface area contributed by atoms with E-state index in [9.17, 15) is 4.79 Å². The largest absolute Gasteiger partial charge is 0.272 e. The highest BCUT2D eigenvalue weighted by Crippen LogP contribution is 2.04. The first-order chi connectivity index (χ1) is 9.75. The lowest BCUT2D eigenvalue weighted by Gasteiger charge is -1.98. The number of carbonyl (C=O) groups excluding carboxylic acids is 1. The van der Waals surface area contributed by atoms with E-state index in [-0.39, 0.29) is 5.91 Å². The first-order valence-electron chi connectivity index (χ1n) is 6.22. The Labute approximate surface area is 117 Å². The third-order valence-electron chi connectivity index (χ3n) is 2.55. The lowest BCUT2D eigenvalue weighted by atomic mass is 10.1. The normalized spacial score (nSPS) is 11.6. The van der Waals surface area contributed by atoms with Crippen LogP contribution in [0.5, 0.6) is 0 Å². The molecule has 0 fully saturated rings. The number of carbonyl (C=O) groups is 1. The summed E-state index contributed by atoms with van der Waals surface area (Å²) in [4.78, 5) is 15.6. The molecule has 0 aliphatic rings. The second kappa shape index (κ2) is 6.99. The van der Waals surface area contributed by atoms with Crippen molar-refractivity contribution in [2.24, 2.45) is 5.10 Å². The summed E-state index contributed by atoms with van der Waals surface area (Å²) in [6, 6.07) is 13.3. The second-order valence-electron chi connectivity index (χ2n) is 4.24. The Kier molecular flexibility index (Phi) is 4.78. The number of amides is 1. The first-order valence-corrected chi connectivity index (χ1v) is 6.22. The van der Waals surface area contributed by atoms with Crippen molar-refractivity contribution in [1.29, 1.82) is 0 Å². The minimum absolute atomic E-state index is 0.276. The molecule has 1 aromatic heterocycles. The molecule has 0 saturated heterocycles. The molecule has 0 bridgehead atoms. The van der Waals surface area contributed by atoms with Gasteiger partial charge in [-0.2, -0.15) is 5.10 Å². The van der Waals surface area contributed by atoms with Crippen LogP contribution in [-0.4, -0.2) is 17.1 Å². The number of hydrazone groups is 1. The molecule has 0 radical (unpaired) electrons. The van der Waals surface area contributed by atoms with Crippen LogP contribution in [0.15, 0.2) is 65.5 Å². The molecule has 4 nitrogen and oxygen atoms in total. The van der Waals surface area contributed by atoms with E-state index in [0.717, 1.165) is 11.1 Å². The summed E-state index contributed by atoms with van der Waals surface area (Å²) in [6.07, 6.45) is 6.71. The number of aromatic nitrogens is 1. The number of nitrogens with zero attached hydrogens (tertiary/aromatic N) is 2. The van der Waals surface area contributed by atoms with Crippen LogP contribution >= 0.6 is 0 Å². The Morgan fingerprint density at radius 2 is 2.00 bits per heavy atom. The SMILES string of the molecule is CC(/C=N\NC(=O)c1cccnc1)=C\c1ccccc1. The molecule has 20 heavy (non-hydrogen) atoms. The van der Waals surface area contributed by atoms with Crippen LogP contribution in [0.25, 0.3) is 6.08 Å². The van der Waals surface area contributed by atoms with Crippen LogP contribution in [0.3, 0.4) is 0 Å². The minimum atomic E-state index is -0.276. The number of hydrogen-bond donors (Lipinski definition) is 1. The predicted octanol–water partition coefficient (Wildman–Crippen LogP) is 2.90. The van der Waals surface area contributed by atoms with Gasteiger partial charge >= 0.3 is 0 Å². The summed E-state index contributed by atoms with van der Waals surface area (Å²) < 4.78 is 0. The zero-order valence-electron chi connectivity index (χ0n) is 11.2. The van der Waals surface area contributed by atoms with Crippen LogP contribution in [0.1, 0.15) is 22.8 Å². The lowest BCUT2D eigenvalue weighted by molar-refractivity contribution is 0.0955. The van der Waals surface area contributed by atoms with Gasteiger partial charge < -0.3 is 0 Å². The molecule has 0 aliphatic heterocycles. The summed E-state index contributed by atoms with van der Waals surface area (Å²) in [7, 11) is 0. The number of nitrogens with one attached hydrogen (secondary N) is 1. The molecule has 1 heterocycles. The van der Waals surface area contributed by atoms with Gasteiger partial charge in [0.25, 0.3) is 5.91 Å². The molecule has 0 atom stereocenters. The fourth-order valence-corrected chi connectivity index (χ4v) is 1.60. The van der Waals surface area contributed by atoms with E-state index in [1.807, 2.05) is 43.3 Å². The maximum absolute atomic E-state index is 11.7. The Bertz CT molecular complexity index is 619. The Morgan fingerprint density at radius 3 is 2.70 bits per heavy atom. The molecule has 0 saturated carbocycles. The highest BCUT2D eigenvalue weighted by atomic mass is 16.2. The monoisotopic (exact) mass is 265 g/mol. The van der Waals surface area contributed by atoms with Crippen molar-refractivity contribution < 1.29 is 4.79 Å². The van der Waals surface area contributed by atoms with Gasteiger partial charge in [-0.3, -0.25) is 9.78 Å². The third kappa shape index (κ3) is 4.17. The summed E-state index contributed by atoms with van der Waals surface area (Å²) in [6.45, 7) is 1.92. The summed E-state index contributed by atoms with van der Waals surface area (Å²) in [5, 5.41) is 3.92. The van der Waals surface area contributed by atoms with Crippen LogP contribution in [-0.2, 0) is 0 Å². The number of rotatable bonds is 4. The van der Waals surface area contributed by atoms with E-state index >= 15 is 0 Å². The number of hydrogen-bond acceptors (Lipinski definition) is 3. The van der Waals surface area contributed by atoms with Gasteiger partial charge in [0.2, 0.25) is 0 Å². The van der Waals surface area contributed by atoms with E-state index in [1.54, 1.807) is 24.5 Å². The van der Waals surface area contributed by atoms with Crippen LogP contribution < -0.4 is 5.43 Å². The van der Waals surface area contributed by atoms with Crippen molar-refractivity contribution in [1.82, 2.24) is 10.4 Å². The Hall–Kier alpha value is -2.75. The molecule has 1 aromatic carbocycles. The van der Waals surface area contributed by atoms with Crippen molar-refractivity contribution >= 4 is 18.2 Å². The maximum atomic E-state index is 11.7. The molecule has 0 spiro atoms. The quantitative estimate of drug-likeness (QED) is 0.682. The highest BCUT2D eigenvalue weighted by molar-refractivity contribution is 5.94. The van der Waals surface area contributed by atoms with Crippen molar-refractivity contribution in [3.63, 3.8) is 0 Å². The van der Waals surface area contributed by atoms with Crippen molar-refractivity contribution in [2.75, 3.05) is 0 Å². The highest BCUT2D eigenvalue weighted by Gasteiger charge is 2.01. The number of allylic oxidation sites excluding steroid dienone is 1. The van der Waals surface area contributed by atoms with Gasteiger partial charge in [0, 0.05) is 12.4 Å². The van der Waals surface area contributed by atoms with Gasteiger partial charge in [-0.1, -0.05) is 36.4 Å². The van der Waals surface area contributed by atoms with Crippen LogP contribution in [0, 0.1) is 0 Å². The average Bonchev–Trinajstić information content (AvgIpc) is 2.49. The van der Waals surface area contributed by atoms with Crippen LogP contribution in [0.2, 0.25) is 0 Å². The van der Waals surface area contributed by atoms with Crippen molar-refractivity contribution in [3.8, 4) is 0 Å². The lowest BCUT2D eigenvalue weighted by Crippen LogP contribution is -2.17. The molecule has 2 aromatic rings. The molecule has 1 amide bonds. The van der Waals surface area contributed by atoms with Crippen molar-refractivity contribution in [3.05, 3.63) is 71.6 Å². The molecule has 100 valence electrons. The van der Waals surface area contributed by atoms with Gasteiger partial charge in [-0.05, 0) is 30.2 Å². The maximum Gasteiger partial charge on any atom is 0.272 e. The summed E-state index contributed by atoms with van der Waals surface area (Å²) in [5.41, 5.74) is 4.99. The van der Waals surface area contributed by atoms with E-state index in [1.165, 1.54) is 6.20 Å². The molecule has 2 rings (SSSR count). The van der Waals surface area contributed by atoms with Gasteiger partial charge in [0.05, 0.1) is 11.8 Å². The fourth-order valence-electron chi connectivity index (χ4n) is 1.60. The van der Waals surface area contributed by atoms with E-state index in [0.29, 0.717) is 5.56 Å². The second-order valence-corrected chi connectivity index (χ2v) is 4.24. The molecule has 0 unspecified atom stereocenters. The molecular weight excluding hydrogens is 250 g/mol. The zero-order valence-corrected chi connectivity index (χ0v) is 11.2. The molecule has 4 heteroatoms. The van der Waals surface area contributed by atoms with E-state index in [4.69, 9.17) is 0 Å². The first kappa shape index (κ1) is 13.7. The Morgan fingerprint density at radius 1 is 1.20 bits per heavy atom. The summed E-state index contributed by atoms with van der Waals surface area (Å²) >= 11 is 0. The predicted molar refractivity (Wildman–Crippen MR) is 80.3 cm³/mol. The minimum Gasteiger partial charge on any atom is -0.267 e. The Balaban J connectivity index is 1.94. The van der Waals surface area contributed by atoms with Gasteiger partial charge in [0.15, 0.2) is 0 Å². The van der Waals surface area contributed by atoms with E-state index < -0.39 is 0 Å². The van der Waals surface area contributed by atoms with E-state index in [2.05, 4.69) is 15.5 Å². The third-order valence-corrected chi connectivity index (χ3v) is 2.55. The summed E-state index contributed by atoms with van der Waals surface area (Å²) in [5.74, 6) is -0.276.